The molecule has 4 rings (SSSR count). The Hall–Kier alpha value is -3.31. The minimum atomic E-state index is -0.0885. The average Bonchev–Trinajstić information content (AvgIpc) is 3.21. The molecule has 1 heterocycles. The van der Waals surface area contributed by atoms with Gasteiger partial charge in [0.1, 0.15) is 5.69 Å². The van der Waals surface area contributed by atoms with Crippen molar-refractivity contribution >= 4 is 23.4 Å². The fraction of sp³-hybridized carbons (Fsp3) is 0.120. The van der Waals surface area contributed by atoms with Gasteiger partial charge in [-0.25, -0.2) is 4.98 Å². The van der Waals surface area contributed by atoms with Crippen LogP contribution in [-0.4, -0.2) is 16.6 Å². The number of hydrogen-bond acceptors (Lipinski definition) is 4. The molecule has 0 fully saturated rings. The Bertz CT molecular complexity index is 1100. The Morgan fingerprint density at radius 3 is 2.27 bits per heavy atom. The maximum absolute atomic E-state index is 12.5. The van der Waals surface area contributed by atoms with Crippen LogP contribution in [0.2, 0.25) is 0 Å². The largest absolute Gasteiger partial charge is 0.431 e. The van der Waals surface area contributed by atoms with E-state index in [2.05, 4.69) is 10.3 Å². The molecule has 0 atom stereocenters. The molecule has 0 aliphatic heterocycles. The standard InChI is InChI=1S/C25H22N2O2S/c1-17-10-9-15-21(18(17)2)26-22(28)16-30-25-27-23(19-11-5-3-6-12-19)24(29-25)20-13-7-4-8-14-20/h3-15H,16H2,1-2H3,(H,26,28). The summed E-state index contributed by atoms with van der Waals surface area (Å²) in [5.41, 5.74) is 5.77. The zero-order valence-corrected chi connectivity index (χ0v) is 17.7. The number of amides is 1. The van der Waals surface area contributed by atoms with Gasteiger partial charge in [-0.2, -0.15) is 0 Å². The zero-order valence-electron chi connectivity index (χ0n) is 16.9. The first-order valence-corrected chi connectivity index (χ1v) is 10.7. The molecule has 30 heavy (non-hydrogen) atoms. The molecule has 0 bridgehead atoms. The lowest BCUT2D eigenvalue weighted by molar-refractivity contribution is -0.113. The maximum Gasteiger partial charge on any atom is 0.257 e. The van der Waals surface area contributed by atoms with E-state index < -0.39 is 0 Å². The molecule has 0 aliphatic carbocycles. The Morgan fingerprint density at radius 2 is 1.57 bits per heavy atom. The Morgan fingerprint density at radius 1 is 0.900 bits per heavy atom. The Balaban J connectivity index is 1.54. The number of nitrogens with zero attached hydrogens (tertiary/aromatic N) is 1. The van der Waals surface area contributed by atoms with Crippen molar-refractivity contribution in [2.45, 2.75) is 19.1 Å². The van der Waals surface area contributed by atoms with Crippen LogP contribution in [-0.2, 0) is 4.79 Å². The highest BCUT2D eigenvalue weighted by Gasteiger charge is 2.18. The summed E-state index contributed by atoms with van der Waals surface area (Å²) in [7, 11) is 0. The number of carbonyl (C=O) groups excluding carboxylic acids is 1. The predicted octanol–water partition coefficient (Wildman–Crippen LogP) is 6.36. The van der Waals surface area contributed by atoms with Gasteiger partial charge in [0.2, 0.25) is 5.91 Å². The minimum Gasteiger partial charge on any atom is -0.431 e. The van der Waals surface area contributed by atoms with Crippen LogP contribution in [0.15, 0.2) is 88.5 Å². The first kappa shape index (κ1) is 20.0. The van der Waals surface area contributed by atoms with Gasteiger partial charge in [-0.05, 0) is 31.0 Å². The van der Waals surface area contributed by atoms with Crippen molar-refractivity contribution in [3.05, 3.63) is 90.0 Å². The quantitative estimate of drug-likeness (QED) is 0.373. The number of rotatable bonds is 6. The van der Waals surface area contributed by atoms with Crippen molar-refractivity contribution in [2.24, 2.45) is 0 Å². The highest BCUT2D eigenvalue weighted by molar-refractivity contribution is 7.99. The number of aromatic nitrogens is 1. The smallest absolute Gasteiger partial charge is 0.257 e. The number of oxazole rings is 1. The first-order chi connectivity index (χ1) is 14.6. The second-order valence-corrected chi connectivity index (χ2v) is 7.90. The lowest BCUT2D eigenvalue weighted by Gasteiger charge is -2.09. The van der Waals surface area contributed by atoms with Crippen LogP contribution in [0.25, 0.3) is 22.6 Å². The highest BCUT2D eigenvalue weighted by atomic mass is 32.2. The topological polar surface area (TPSA) is 55.1 Å². The summed E-state index contributed by atoms with van der Waals surface area (Å²) in [5.74, 6) is 0.838. The normalized spacial score (nSPS) is 10.7. The molecule has 5 heteroatoms. The number of benzene rings is 3. The molecule has 1 aromatic heterocycles. The van der Waals surface area contributed by atoms with E-state index in [1.165, 1.54) is 11.8 Å². The van der Waals surface area contributed by atoms with Crippen LogP contribution < -0.4 is 5.32 Å². The van der Waals surface area contributed by atoms with Crippen molar-refractivity contribution in [3.8, 4) is 22.6 Å². The van der Waals surface area contributed by atoms with E-state index in [-0.39, 0.29) is 11.7 Å². The lowest BCUT2D eigenvalue weighted by Crippen LogP contribution is -2.15. The van der Waals surface area contributed by atoms with Crippen molar-refractivity contribution in [1.29, 1.82) is 0 Å². The molecule has 4 aromatic rings. The van der Waals surface area contributed by atoms with Crippen LogP contribution in [0, 0.1) is 13.8 Å². The molecule has 0 radical (unpaired) electrons. The van der Waals surface area contributed by atoms with Gasteiger partial charge in [0.05, 0.1) is 5.75 Å². The third-order valence-electron chi connectivity index (χ3n) is 4.90. The molecule has 0 spiro atoms. The number of thioether (sulfide) groups is 1. The lowest BCUT2D eigenvalue weighted by atomic mass is 10.1. The van der Waals surface area contributed by atoms with Crippen molar-refractivity contribution < 1.29 is 9.21 Å². The summed E-state index contributed by atoms with van der Waals surface area (Å²) in [6, 6.07) is 25.7. The molecule has 0 aliphatic rings. The monoisotopic (exact) mass is 414 g/mol. The second-order valence-electron chi connectivity index (χ2n) is 6.97. The molecule has 150 valence electrons. The van der Waals surface area contributed by atoms with Gasteiger partial charge in [0.15, 0.2) is 5.76 Å². The fourth-order valence-electron chi connectivity index (χ4n) is 3.14. The highest BCUT2D eigenvalue weighted by Crippen LogP contribution is 2.35. The SMILES string of the molecule is Cc1cccc(NC(=O)CSc2nc(-c3ccccc3)c(-c3ccccc3)o2)c1C. The number of nitrogens with one attached hydrogen (secondary N) is 1. The van der Waals surface area contributed by atoms with Crippen LogP contribution in [0.1, 0.15) is 11.1 Å². The van der Waals surface area contributed by atoms with Crippen molar-refractivity contribution in [2.75, 3.05) is 11.1 Å². The third-order valence-corrected chi connectivity index (χ3v) is 5.72. The molecule has 4 nitrogen and oxygen atoms in total. The van der Waals surface area contributed by atoms with Crippen molar-refractivity contribution in [1.82, 2.24) is 4.98 Å². The van der Waals surface area contributed by atoms with E-state index in [1.54, 1.807) is 0 Å². The minimum absolute atomic E-state index is 0.0885. The summed E-state index contributed by atoms with van der Waals surface area (Å²) in [4.78, 5) is 17.2. The summed E-state index contributed by atoms with van der Waals surface area (Å²) in [6.45, 7) is 4.03. The molecule has 3 aromatic carbocycles. The summed E-state index contributed by atoms with van der Waals surface area (Å²) < 4.78 is 6.07. The summed E-state index contributed by atoms with van der Waals surface area (Å²) >= 11 is 1.29. The fourth-order valence-corrected chi connectivity index (χ4v) is 3.76. The van der Waals surface area contributed by atoms with E-state index in [0.717, 1.165) is 33.6 Å². The molecule has 0 unspecified atom stereocenters. The van der Waals surface area contributed by atoms with Gasteiger partial charge in [0, 0.05) is 16.8 Å². The van der Waals surface area contributed by atoms with Gasteiger partial charge < -0.3 is 9.73 Å². The number of carbonyl (C=O) groups is 1. The first-order valence-electron chi connectivity index (χ1n) is 9.72. The number of anilines is 1. The number of aryl methyl sites for hydroxylation is 1. The average molecular weight is 415 g/mol. The van der Waals surface area contributed by atoms with E-state index in [9.17, 15) is 4.79 Å². The Labute approximate surface area is 180 Å². The maximum atomic E-state index is 12.5. The zero-order chi connectivity index (χ0) is 20.9. The molecular formula is C25H22N2O2S. The van der Waals surface area contributed by atoms with Gasteiger partial charge in [-0.15, -0.1) is 0 Å². The molecule has 0 saturated carbocycles. The second kappa shape index (κ2) is 9.01. The van der Waals surface area contributed by atoms with E-state index in [4.69, 9.17) is 4.42 Å². The molecule has 0 saturated heterocycles. The van der Waals surface area contributed by atoms with Crippen LogP contribution >= 0.6 is 11.8 Å². The van der Waals surface area contributed by atoms with Crippen LogP contribution in [0.3, 0.4) is 0 Å². The van der Waals surface area contributed by atoms with Gasteiger partial charge in [0.25, 0.3) is 5.22 Å². The summed E-state index contributed by atoms with van der Waals surface area (Å²) in [5, 5.41) is 3.45. The van der Waals surface area contributed by atoms with E-state index >= 15 is 0 Å². The third kappa shape index (κ3) is 4.47. The van der Waals surface area contributed by atoms with Crippen LogP contribution in [0.4, 0.5) is 5.69 Å². The summed E-state index contributed by atoms with van der Waals surface area (Å²) in [6.07, 6.45) is 0. The molecular weight excluding hydrogens is 392 g/mol. The van der Waals surface area contributed by atoms with Gasteiger partial charge in [-0.3, -0.25) is 4.79 Å². The van der Waals surface area contributed by atoms with E-state index in [1.807, 2.05) is 92.7 Å². The molecule has 1 N–H and O–H groups in total. The van der Waals surface area contributed by atoms with Gasteiger partial charge >= 0.3 is 0 Å². The van der Waals surface area contributed by atoms with E-state index in [0.29, 0.717) is 11.0 Å². The van der Waals surface area contributed by atoms with Gasteiger partial charge in [-0.1, -0.05) is 84.6 Å². The predicted molar refractivity (Wildman–Crippen MR) is 123 cm³/mol. The van der Waals surface area contributed by atoms with Crippen molar-refractivity contribution in [3.63, 3.8) is 0 Å². The molecule has 1 amide bonds. The van der Waals surface area contributed by atoms with Crippen LogP contribution in [0.5, 0.6) is 0 Å². The number of hydrogen-bond donors (Lipinski definition) is 1. The Kier molecular flexibility index (Phi) is 6.00.